The second-order valence-electron chi connectivity index (χ2n) is 18.9. The third-order valence-electron chi connectivity index (χ3n) is 12.0. The molecular weight excluding hydrogens is 1260 g/mol. The fourth-order valence-electron chi connectivity index (χ4n) is 8.62. The Balaban J connectivity index is 2.25. The van der Waals surface area contributed by atoms with Crippen molar-refractivity contribution in [1.29, 1.82) is 0 Å². The number of rotatable bonds is 40. The van der Waals surface area contributed by atoms with Crippen LogP contribution in [0.2, 0.25) is 54.9 Å². The van der Waals surface area contributed by atoms with E-state index in [2.05, 4.69) is 52.6 Å². The minimum absolute atomic E-state index is 0.0457. The van der Waals surface area contributed by atoms with Crippen molar-refractivity contribution in [1.82, 2.24) is 0 Å². The van der Waals surface area contributed by atoms with Gasteiger partial charge in [-0.05, 0) is 64.0 Å². The number of ether oxygens (including phenoxy) is 8. The first-order valence-corrected chi connectivity index (χ1v) is 43.3. The molecule has 28 nitrogen and oxygen atoms in total. The highest BCUT2D eigenvalue weighted by Crippen LogP contribution is 2.52. The Bertz CT molecular complexity index is 2190. The first-order valence-electron chi connectivity index (χ1n) is 27.2. The van der Waals surface area contributed by atoms with Gasteiger partial charge in [-0.25, -0.2) is 38.4 Å². The fourth-order valence-corrected chi connectivity index (χ4v) is 55.7. The molecule has 0 aromatic rings. The van der Waals surface area contributed by atoms with Crippen molar-refractivity contribution in [3.05, 3.63) is 101 Å². The number of hydrogen-bond donors (Lipinski definition) is 1. The van der Waals surface area contributed by atoms with Gasteiger partial charge >= 0.3 is 118 Å². The summed E-state index contributed by atoms with van der Waals surface area (Å²) >= 11 is 0. The molecule has 4 atom stereocenters. The van der Waals surface area contributed by atoms with Gasteiger partial charge in [-0.1, -0.05) is 52.6 Å². The first-order chi connectivity index (χ1) is 40.4. The van der Waals surface area contributed by atoms with Crippen molar-refractivity contribution in [2.24, 2.45) is 0 Å². The SMILES string of the molecule is C=CC(=O)OCCC[Si]1(C)O[Si]2(CCCOC(=O)C=C)O[Si]3(CCCOC(=O)C=C)O[Si](O)(CCCOC(=O)C=C)O[Si]4(CCCOC(=O)C=C)O[Si](CCCOC(=O)C=C)(O1)O[Si](CCCOC(=O)C=C)(O2)O[Si](CCCOC(=O)C=C)(O3)O4. The molecule has 36 heteroatoms. The van der Waals surface area contributed by atoms with Gasteiger partial charge in [0.1, 0.15) is 0 Å². The minimum Gasteiger partial charge on any atom is -0.463 e. The van der Waals surface area contributed by atoms with E-state index < -0.39 is 124 Å². The highest BCUT2D eigenvalue weighted by molar-refractivity contribution is 7.01. The van der Waals surface area contributed by atoms with Crippen LogP contribution in [0.4, 0.5) is 0 Å². The van der Waals surface area contributed by atoms with E-state index in [1.807, 2.05) is 0 Å². The average molecular weight is 1340 g/mol. The Hall–Kier alpha value is -5.06. The van der Waals surface area contributed by atoms with Gasteiger partial charge in [0.15, 0.2) is 0 Å². The predicted octanol–water partition coefficient (Wildman–Crippen LogP) is 4.81. The van der Waals surface area contributed by atoms with E-state index in [4.69, 9.17) is 83.2 Å². The summed E-state index contributed by atoms with van der Waals surface area (Å²) in [6, 6.07) is -2.36. The van der Waals surface area contributed by atoms with Crippen LogP contribution in [-0.4, -0.2) is 176 Å². The monoisotopic (exact) mass is 1340 g/mol. The summed E-state index contributed by atoms with van der Waals surface area (Å²) in [6.07, 6.45) is 6.95. The zero-order valence-corrected chi connectivity index (χ0v) is 55.7. The van der Waals surface area contributed by atoms with Gasteiger partial charge in [0, 0.05) is 90.9 Å². The molecule has 472 valence electrons. The van der Waals surface area contributed by atoms with Crippen molar-refractivity contribution in [3.8, 4) is 0 Å². The van der Waals surface area contributed by atoms with Gasteiger partial charge in [0.25, 0.3) is 0 Å². The van der Waals surface area contributed by atoms with Crippen molar-refractivity contribution in [2.75, 3.05) is 52.9 Å². The molecule has 1 N–H and O–H groups in total. The molecule has 4 saturated heterocycles. The third-order valence-corrected chi connectivity index (χ3v) is 48.5. The summed E-state index contributed by atoms with van der Waals surface area (Å²) in [4.78, 5) is 114. The summed E-state index contributed by atoms with van der Waals surface area (Å²) in [5, 5.41) is 0. The summed E-state index contributed by atoms with van der Waals surface area (Å²) in [6.45, 7) is 27.2. The zero-order chi connectivity index (χ0) is 62.7. The fraction of sp³-hybridized carbons (Fsp3) is 0.510. The van der Waals surface area contributed by atoms with E-state index in [9.17, 15) is 43.2 Å². The van der Waals surface area contributed by atoms with Crippen molar-refractivity contribution < 1.29 is 126 Å². The van der Waals surface area contributed by atoms with E-state index in [1.165, 1.54) is 0 Å². The number of hydrogen-bond acceptors (Lipinski definition) is 28. The van der Waals surface area contributed by atoms with Crippen molar-refractivity contribution in [2.45, 2.75) is 106 Å². The molecule has 0 aliphatic carbocycles. The molecule has 4 heterocycles. The molecule has 0 aromatic heterocycles. The Kier molecular flexibility index (Phi) is 29.4. The average Bonchev–Trinajstić information content (AvgIpc) is 0.787. The summed E-state index contributed by atoms with van der Waals surface area (Å²) in [5.74, 6) is -6.19. The van der Waals surface area contributed by atoms with Crippen LogP contribution in [-0.2, 0) is 122 Å². The number of carbonyl (C=O) groups excluding carboxylic acids is 8. The number of fused-ring (bicyclic) bond motifs is 4. The normalized spacial score (nSPS) is 28.2. The Morgan fingerprint density at radius 2 is 0.447 bits per heavy atom. The number of esters is 8. The lowest BCUT2D eigenvalue weighted by Gasteiger charge is -2.60. The van der Waals surface area contributed by atoms with E-state index in [-0.39, 0.29) is 147 Å². The van der Waals surface area contributed by atoms with Crippen LogP contribution < -0.4 is 0 Å². The van der Waals surface area contributed by atoms with Crippen LogP contribution in [0.5, 0.6) is 0 Å². The maximum Gasteiger partial charge on any atom is 0.483 e. The molecule has 6 bridgehead atoms. The molecule has 0 aromatic carbocycles. The molecule has 0 radical (unpaired) electrons. The first kappa shape index (κ1) is 72.4. The van der Waals surface area contributed by atoms with Gasteiger partial charge in [0.2, 0.25) is 0 Å². The second kappa shape index (κ2) is 34.5. The highest BCUT2D eigenvalue weighted by Gasteiger charge is 2.79. The van der Waals surface area contributed by atoms with E-state index in [0.29, 0.717) is 0 Å². The summed E-state index contributed by atoms with van der Waals surface area (Å²) < 4.78 is 126. The van der Waals surface area contributed by atoms with Crippen LogP contribution in [0.25, 0.3) is 0 Å². The van der Waals surface area contributed by atoms with Crippen LogP contribution in [0.1, 0.15) is 51.4 Å². The Morgan fingerprint density at radius 3 is 0.647 bits per heavy atom. The minimum atomic E-state index is -5.17. The van der Waals surface area contributed by atoms with Crippen molar-refractivity contribution >= 4 is 118 Å². The highest BCUT2D eigenvalue weighted by atomic mass is 28.6. The van der Waals surface area contributed by atoms with E-state index in [1.54, 1.807) is 6.55 Å². The molecule has 4 rings (SSSR count). The van der Waals surface area contributed by atoms with Gasteiger partial charge in [-0.15, -0.1) is 0 Å². The van der Waals surface area contributed by atoms with Crippen LogP contribution in [0.3, 0.4) is 0 Å². The maximum absolute atomic E-state index is 13.5. The Labute approximate surface area is 502 Å². The zero-order valence-electron chi connectivity index (χ0n) is 47.7. The molecular formula is C49H76O28Si8. The van der Waals surface area contributed by atoms with Crippen molar-refractivity contribution in [3.63, 3.8) is 0 Å². The molecule has 0 amide bonds. The third kappa shape index (κ3) is 23.5. The molecule has 0 saturated carbocycles. The van der Waals surface area contributed by atoms with Gasteiger partial charge in [-0.2, -0.15) is 0 Å². The lowest BCUT2D eigenvalue weighted by atomic mass is 10.5. The molecule has 4 aliphatic rings. The van der Waals surface area contributed by atoms with E-state index in [0.717, 1.165) is 48.6 Å². The largest absolute Gasteiger partial charge is 0.483 e. The molecule has 85 heavy (non-hydrogen) atoms. The van der Waals surface area contributed by atoms with Crippen LogP contribution >= 0.6 is 0 Å². The smallest absolute Gasteiger partial charge is 0.463 e. The summed E-state index contributed by atoms with van der Waals surface area (Å²) in [5.41, 5.74) is 0. The molecule has 0 spiro atoms. The summed E-state index contributed by atoms with van der Waals surface area (Å²) in [7, 11) is -39.4. The number of carbonyl (C=O) groups is 8. The van der Waals surface area contributed by atoms with Gasteiger partial charge in [-0.3, -0.25) is 0 Å². The Morgan fingerprint density at radius 1 is 0.282 bits per heavy atom. The second-order valence-corrected chi connectivity index (χ2v) is 43.7. The van der Waals surface area contributed by atoms with Gasteiger partial charge < -0.3 is 88.0 Å². The maximum atomic E-state index is 13.5. The lowest BCUT2D eigenvalue weighted by Crippen LogP contribution is -2.85. The standard InChI is InChI=1S/C49H76O28Si8/c1-10-42(50)59-26-18-34-78(9)67-80(36-20-28-61-44(52)12-3)71-82(38-22-30-63-46(54)14-5)69-79(58,35-19-27-60-43(51)11-2)70-83(39-23-31-64-47(55)15-6)72-81(68-78,37-21-29-62-45(53)13-4)74-84(73-80,40-24-32-65-48(56)16-7)77-85(75-82,76-83)41-25-33-66-49(57)17-8/h10-17,58H,1-8,18-41H2,9H3. The van der Waals surface area contributed by atoms with Crippen LogP contribution in [0, 0.1) is 0 Å². The van der Waals surface area contributed by atoms with Crippen LogP contribution in [0.15, 0.2) is 101 Å². The molecule has 4 unspecified atom stereocenters. The van der Waals surface area contributed by atoms with E-state index >= 15 is 0 Å². The van der Waals surface area contributed by atoms with Gasteiger partial charge in [0.05, 0.1) is 52.9 Å². The predicted molar refractivity (Wildman–Crippen MR) is 311 cm³/mol. The molecule has 4 fully saturated rings. The lowest BCUT2D eigenvalue weighted by molar-refractivity contribution is -0.138. The molecule has 4 aliphatic heterocycles. The topological polar surface area (TPSA) is 332 Å². The quantitative estimate of drug-likeness (QED) is 0.0283.